The van der Waals surface area contributed by atoms with Crippen molar-refractivity contribution in [1.29, 1.82) is 0 Å². The molecule has 23 heavy (non-hydrogen) atoms. The van der Waals surface area contributed by atoms with Gasteiger partial charge in [0.2, 0.25) is 0 Å². The second-order valence-electron chi connectivity index (χ2n) is 4.86. The molecule has 8 heteroatoms. The van der Waals surface area contributed by atoms with E-state index < -0.39 is 0 Å². The van der Waals surface area contributed by atoms with E-state index in [1.807, 2.05) is 29.6 Å². The molecule has 0 saturated carbocycles. The summed E-state index contributed by atoms with van der Waals surface area (Å²) in [5.41, 5.74) is 2.45. The van der Waals surface area contributed by atoms with Gasteiger partial charge in [0.15, 0.2) is 5.16 Å². The largest absolute Gasteiger partial charge is 0.497 e. The lowest BCUT2D eigenvalue weighted by Gasteiger charge is -1.99. The highest BCUT2D eigenvalue weighted by atomic mass is 32.2. The summed E-state index contributed by atoms with van der Waals surface area (Å²) in [6, 6.07) is 7.55. The number of imidazole rings is 1. The van der Waals surface area contributed by atoms with E-state index in [0.29, 0.717) is 16.3 Å². The molecule has 2 N–H and O–H groups in total. The van der Waals surface area contributed by atoms with Gasteiger partial charge < -0.3 is 14.7 Å². The minimum atomic E-state index is -0.0880. The van der Waals surface area contributed by atoms with Gasteiger partial charge in [0, 0.05) is 6.07 Å². The maximum Gasteiger partial charge on any atom is 0.268 e. The number of hydrogen-bond acceptors (Lipinski definition) is 6. The third-order valence-corrected chi connectivity index (χ3v) is 5.16. The fourth-order valence-corrected chi connectivity index (χ4v) is 3.77. The van der Waals surface area contributed by atoms with Gasteiger partial charge in [0.25, 0.3) is 5.56 Å². The molecule has 0 aliphatic rings. The van der Waals surface area contributed by atoms with Crippen LogP contribution in [-0.2, 0) is 5.75 Å². The lowest BCUT2D eigenvalue weighted by Crippen LogP contribution is -2.09. The van der Waals surface area contributed by atoms with Crippen molar-refractivity contribution in [3.05, 3.63) is 45.8 Å². The standard InChI is InChI=1S/C15H12N4O2S2/c1-21-8-2-3-9-11(6-8)18-15(17-9)23-7-12-16-10-4-5-22-13(10)14(20)19-12/h2-6H,7H2,1H3,(H,17,18)(H,16,19,20). The van der Waals surface area contributed by atoms with Crippen molar-refractivity contribution in [2.24, 2.45) is 0 Å². The normalized spacial score (nSPS) is 11.3. The van der Waals surface area contributed by atoms with E-state index in [9.17, 15) is 4.79 Å². The van der Waals surface area contributed by atoms with Crippen molar-refractivity contribution in [3.8, 4) is 5.75 Å². The number of nitrogens with one attached hydrogen (secondary N) is 2. The molecule has 0 unspecified atom stereocenters. The summed E-state index contributed by atoms with van der Waals surface area (Å²) in [5.74, 6) is 1.97. The van der Waals surface area contributed by atoms with Crippen molar-refractivity contribution in [1.82, 2.24) is 19.9 Å². The minimum absolute atomic E-state index is 0.0880. The molecule has 3 heterocycles. The zero-order chi connectivity index (χ0) is 15.8. The van der Waals surface area contributed by atoms with Crippen molar-refractivity contribution < 1.29 is 4.74 Å². The Morgan fingerprint density at radius 1 is 1.22 bits per heavy atom. The van der Waals surface area contributed by atoms with Gasteiger partial charge in [0.05, 0.1) is 29.4 Å². The highest BCUT2D eigenvalue weighted by Gasteiger charge is 2.08. The Hall–Kier alpha value is -2.32. The van der Waals surface area contributed by atoms with Gasteiger partial charge in [-0.2, -0.15) is 0 Å². The Morgan fingerprint density at radius 3 is 3.00 bits per heavy atom. The first-order chi connectivity index (χ1) is 11.2. The van der Waals surface area contributed by atoms with E-state index in [-0.39, 0.29) is 5.56 Å². The Kier molecular flexibility index (Phi) is 3.55. The fourth-order valence-electron chi connectivity index (χ4n) is 2.29. The summed E-state index contributed by atoms with van der Waals surface area (Å²) < 4.78 is 5.87. The van der Waals surface area contributed by atoms with Gasteiger partial charge in [0.1, 0.15) is 16.3 Å². The first kappa shape index (κ1) is 14.3. The number of nitrogens with zero attached hydrogens (tertiary/aromatic N) is 2. The number of thioether (sulfide) groups is 1. The van der Waals surface area contributed by atoms with Crippen LogP contribution in [0.2, 0.25) is 0 Å². The van der Waals surface area contributed by atoms with Crippen molar-refractivity contribution >= 4 is 44.3 Å². The third kappa shape index (κ3) is 2.71. The minimum Gasteiger partial charge on any atom is -0.497 e. The van der Waals surface area contributed by atoms with Crippen LogP contribution in [0.4, 0.5) is 0 Å². The number of thiophene rings is 1. The zero-order valence-corrected chi connectivity index (χ0v) is 13.8. The molecule has 0 amide bonds. The van der Waals surface area contributed by atoms with Crippen LogP contribution in [-0.4, -0.2) is 27.0 Å². The molecule has 0 aliphatic heterocycles. The van der Waals surface area contributed by atoms with E-state index in [4.69, 9.17) is 4.74 Å². The molecule has 116 valence electrons. The summed E-state index contributed by atoms with van der Waals surface area (Å²) in [5, 5.41) is 2.65. The molecule has 0 spiro atoms. The van der Waals surface area contributed by atoms with Crippen LogP contribution in [0, 0.1) is 0 Å². The fraction of sp³-hybridized carbons (Fsp3) is 0.133. The summed E-state index contributed by atoms with van der Waals surface area (Å²) in [4.78, 5) is 27.0. The van der Waals surface area contributed by atoms with Crippen molar-refractivity contribution in [3.63, 3.8) is 0 Å². The van der Waals surface area contributed by atoms with Crippen LogP contribution < -0.4 is 10.3 Å². The Bertz CT molecular complexity index is 1050. The summed E-state index contributed by atoms with van der Waals surface area (Å²) in [7, 11) is 1.63. The number of methoxy groups -OCH3 is 1. The number of hydrogen-bond donors (Lipinski definition) is 2. The van der Waals surface area contributed by atoms with E-state index >= 15 is 0 Å². The maximum atomic E-state index is 12.0. The van der Waals surface area contributed by atoms with Crippen molar-refractivity contribution in [2.45, 2.75) is 10.9 Å². The van der Waals surface area contributed by atoms with Crippen molar-refractivity contribution in [2.75, 3.05) is 7.11 Å². The van der Waals surface area contributed by atoms with Crippen LogP contribution in [0.3, 0.4) is 0 Å². The molecular weight excluding hydrogens is 332 g/mol. The lowest BCUT2D eigenvalue weighted by molar-refractivity contribution is 0.415. The van der Waals surface area contributed by atoms with E-state index in [1.54, 1.807) is 7.11 Å². The summed E-state index contributed by atoms with van der Waals surface area (Å²) in [6.45, 7) is 0. The molecule has 4 aromatic rings. The van der Waals surface area contributed by atoms with Crippen LogP contribution in [0.25, 0.3) is 21.3 Å². The number of aromatic nitrogens is 4. The van der Waals surface area contributed by atoms with Gasteiger partial charge in [-0.25, -0.2) is 9.97 Å². The zero-order valence-electron chi connectivity index (χ0n) is 12.1. The predicted octanol–water partition coefficient (Wildman–Crippen LogP) is 3.16. The number of fused-ring (bicyclic) bond motifs is 2. The Labute approximate surface area is 138 Å². The SMILES string of the molecule is COc1ccc2nc(SCc3nc4ccsc4c(=O)[nH]3)[nH]c2c1. The summed E-state index contributed by atoms with van der Waals surface area (Å²) >= 11 is 2.90. The van der Waals surface area contributed by atoms with Gasteiger partial charge in [-0.05, 0) is 23.6 Å². The van der Waals surface area contributed by atoms with Gasteiger partial charge in [-0.1, -0.05) is 11.8 Å². The average molecular weight is 344 g/mol. The number of aromatic amines is 2. The number of H-pyrrole nitrogens is 2. The van der Waals surface area contributed by atoms with Crippen LogP contribution >= 0.6 is 23.1 Å². The molecule has 0 radical (unpaired) electrons. The van der Waals surface area contributed by atoms with Crippen LogP contribution in [0.5, 0.6) is 5.75 Å². The second-order valence-corrected chi connectivity index (χ2v) is 6.74. The quantitative estimate of drug-likeness (QED) is 0.556. The molecule has 3 aromatic heterocycles. The Morgan fingerprint density at radius 2 is 2.13 bits per heavy atom. The molecular formula is C15H12N4O2S2. The number of ether oxygens (including phenoxy) is 1. The van der Waals surface area contributed by atoms with Crippen LogP contribution in [0.1, 0.15) is 5.82 Å². The molecule has 6 nitrogen and oxygen atoms in total. The molecule has 0 aliphatic carbocycles. The summed E-state index contributed by atoms with van der Waals surface area (Å²) in [6.07, 6.45) is 0. The molecule has 0 saturated heterocycles. The predicted molar refractivity (Wildman–Crippen MR) is 92.4 cm³/mol. The lowest BCUT2D eigenvalue weighted by atomic mass is 10.3. The molecule has 0 bridgehead atoms. The monoisotopic (exact) mass is 344 g/mol. The van der Waals surface area contributed by atoms with E-state index in [0.717, 1.165) is 27.5 Å². The van der Waals surface area contributed by atoms with Gasteiger partial charge >= 0.3 is 0 Å². The number of rotatable bonds is 4. The Balaban J connectivity index is 1.58. The van der Waals surface area contributed by atoms with Gasteiger partial charge in [-0.15, -0.1) is 11.3 Å². The number of benzene rings is 1. The second kappa shape index (κ2) is 5.71. The van der Waals surface area contributed by atoms with E-state index in [2.05, 4.69) is 19.9 Å². The van der Waals surface area contributed by atoms with Gasteiger partial charge in [-0.3, -0.25) is 4.79 Å². The highest BCUT2D eigenvalue weighted by Crippen LogP contribution is 2.25. The van der Waals surface area contributed by atoms with Crippen LogP contribution in [0.15, 0.2) is 39.6 Å². The highest BCUT2D eigenvalue weighted by molar-refractivity contribution is 7.98. The van der Waals surface area contributed by atoms with E-state index in [1.165, 1.54) is 23.1 Å². The first-order valence-corrected chi connectivity index (χ1v) is 8.72. The maximum absolute atomic E-state index is 12.0. The topological polar surface area (TPSA) is 83.7 Å². The smallest absolute Gasteiger partial charge is 0.268 e. The average Bonchev–Trinajstić information content (AvgIpc) is 3.18. The molecule has 0 atom stereocenters. The third-order valence-electron chi connectivity index (χ3n) is 3.38. The molecule has 0 fully saturated rings. The first-order valence-electron chi connectivity index (χ1n) is 6.86. The molecule has 1 aromatic carbocycles. The molecule has 4 rings (SSSR count).